The minimum absolute atomic E-state index is 0.0988. The number of carbonyl (C=O) groups excluding carboxylic acids is 1. The largest absolute Gasteiger partial charge is 0.453 e. The summed E-state index contributed by atoms with van der Waals surface area (Å²) in [5.74, 6) is 0. The van der Waals surface area contributed by atoms with Crippen LogP contribution in [0, 0.1) is 0 Å². The molecule has 0 aliphatic carbocycles. The first-order valence-electron chi connectivity index (χ1n) is 6.91. The fraction of sp³-hybridized carbons (Fsp3) is 0.333. The van der Waals surface area contributed by atoms with E-state index in [1.807, 2.05) is 24.3 Å². The monoisotopic (exact) mass is 286 g/mol. The number of amides is 1. The number of pyridine rings is 1. The fourth-order valence-electron chi connectivity index (χ4n) is 2.78. The molecular formula is C15H18N4O2. The maximum absolute atomic E-state index is 11.3. The Hall–Kier alpha value is -2.50. The van der Waals surface area contributed by atoms with Crippen LogP contribution in [0.3, 0.4) is 0 Å². The van der Waals surface area contributed by atoms with Crippen LogP contribution in [0.2, 0.25) is 0 Å². The molecule has 1 unspecified atom stereocenters. The molecule has 0 radical (unpaired) electrons. The molecule has 2 aromatic rings. The lowest BCUT2D eigenvalue weighted by molar-refractivity contribution is 0.167. The Balaban J connectivity index is 1.86. The molecule has 2 heterocycles. The van der Waals surface area contributed by atoms with Gasteiger partial charge >= 0.3 is 6.09 Å². The zero-order chi connectivity index (χ0) is 14.8. The summed E-state index contributed by atoms with van der Waals surface area (Å²) < 4.78 is 4.64. The van der Waals surface area contributed by atoms with E-state index in [0.717, 1.165) is 36.1 Å². The second-order valence-electron chi connectivity index (χ2n) is 5.14. The van der Waals surface area contributed by atoms with E-state index in [1.54, 1.807) is 6.20 Å². The van der Waals surface area contributed by atoms with Crippen LogP contribution in [0.25, 0.3) is 10.9 Å². The van der Waals surface area contributed by atoms with Crippen molar-refractivity contribution in [1.82, 2.24) is 10.3 Å². The Morgan fingerprint density at radius 3 is 3.14 bits per heavy atom. The number of carbonyl (C=O) groups is 1. The topological polar surface area (TPSA) is 80.5 Å². The number of nitrogens with one attached hydrogen (secondary N) is 1. The minimum atomic E-state index is -0.384. The molecule has 1 atom stereocenters. The number of rotatable bonds is 2. The maximum atomic E-state index is 11.3. The molecule has 1 aliphatic rings. The first-order chi connectivity index (χ1) is 10.2. The van der Waals surface area contributed by atoms with Gasteiger partial charge in [-0.05, 0) is 30.7 Å². The van der Waals surface area contributed by atoms with E-state index in [0.29, 0.717) is 5.69 Å². The highest BCUT2D eigenvalue weighted by Crippen LogP contribution is 2.31. The van der Waals surface area contributed by atoms with E-state index < -0.39 is 0 Å². The number of aromatic nitrogens is 1. The quantitative estimate of drug-likeness (QED) is 0.822. The molecule has 0 bridgehead atoms. The van der Waals surface area contributed by atoms with Crippen molar-refractivity contribution in [3.8, 4) is 0 Å². The van der Waals surface area contributed by atoms with Crippen LogP contribution in [0.4, 0.5) is 16.2 Å². The molecule has 1 aliphatic heterocycles. The summed E-state index contributed by atoms with van der Waals surface area (Å²) in [6.07, 6.45) is 2.25. The van der Waals surface area contributed by atoms with Crippen molar-refractivity contribution < 1.29 is 9.53 Å². The van der Waals surface area contributed by atoms with Gasteiger partial charge in [-0.2, -0.15) is 0 Å². The lowest BCUT2D eigenvalue weighted by atomic mass is 10.1. The van der Waals surface area contributed by atoms with Crippen LogP contribution in [-0.2, 0) is 4.74 Å². The van der Waals surface area contributed by atoms with Crippen molar-refractivity contribution in [3.63, 3.8) is 0 Å². The number of benzene rings is 1. The Kier molecular flexibility index (Phi) is 3.51. The Morgan fingerprint density at radius 1 is 1.48 bits per heavy atom. The van der Waals surface area contributed by atoms with Gasteiger partial charge in [0.2, 0.25) is 0 Å². The normalized spacial score (nSPS) is 18.0. The summed E-state index contributed by atoms with van der Waals surface area (Å²) in [5.41, 5.74) is 8.58. The van der Waals surface area contributed by atoms with Gasteiger partial charge in [0.1, 0.15) is 0 Å². The average molecular weight is 286 g/mol. The van der Waals surface area contributed by atoms with Crippen molar-refractivity contribution in [1.29, 1.82) is 0 Å². The summed E-state index contributed by atoms with van der Waals surface area (Å²) in [6.45, 7) is 1.63. The van der Waals surface area contributed by atoms with E-state index in [4.69, 9.17) is 5.73 Å². The van der Waals surface area contributed by atoms with Crippen LogP contribution in [0.5, 0.6) is 0 Å². The van der Waals surface area contributed by atoms with Gasteiger partial charge in [-0.25, -0.2) is 4.79 Å². The lowest BCUT2D eigenvalue weighted by Gasteiger charge is -2.21. The number of hydrogen-bond donors (Lipinski definition) is 2. The minimum Gasteiger partial charge on any atom is -0.453 e. The molecule has 1 saturated heterocycles. The molecular weight excluding hydrogens is 268 g/mol. The second kappa shape index (κ2) is 5.47. The van der Waals surface area contributed by atoms with Gasteiger partial charge in [0.05, 0.1) is 24.4 Å². The highest BCUT2D eigenvalue weighted by atomic mass is 16.5. The van der Waals surface area contributed by atoms with Crippen LogP contribution in [0.15, 0.2) is 30.5 Å². The third-order valence-corrected chi connectivity index (χ3v) is 3.81. The molecule has 1 fully saturated rings. The van der Waals surface area contributed by atoms with Crippen LogP contribution < -0.4 is 16.0 Å². The number of fused-ring (bicyclic) bond motifs is 1. The van der Waals surface area contributed by atoms with Crippen LogP contribution >= 0.6 is 0 Å². The Labute approximate surface area is 122 Å². The number of nitrogens with two attached hydrogens (primary N) is 1. The van der Waals surface area contributed by atoms with Crippen molar-refractivity contribution >= 4 is 28.4 Å². The van der Waals surface area contributed by atoms with Gasteiger partial charge in [-0.1, -0.05) is 0 Å². The standard InChI is InChI=1S/C15H18N4O2/c1-21-15(20)18-10-6-8-19(9-10)13-5-4-12(16)14-11(13)3-2-7-17-14/h2-5,7,10H,6,8-9,16H2,1H3,(H,18,20). The van der Waals surface area contributed by atoms with Crippen molar-refractivity contribution in [2.24, 2.45) is 0 Å². The zero-order valence-electron chi connectivity index (χ0n) is 11.9. The van der Waals surface area contributed by atoms with Gasteiger partial charge in [-0.3, -0.25) is 4.98 Å². The molecule has 21 heavy (non-hydrogen) atoms. The third-order valence-electron chi connectivity index (χ3n) is 3.81. The van der Waals surface area contributed by atoms with Crippen molar-refractivity contribution in [2.75, 3.05) is 30.8 Å². The van der Waals surface area contributed by atoms with E-state index in [9.17, 15) is 4.79 Å². The van der Waals surface area contributed by atoms with Gasteiger partial charge in [0.15, 0.2) is 0 Å². The van der Waals surface area contributed by atoms with Crippen molar-refractivity contribution in [3.05, 3.63) is 30.5 Å². The van der Waals surface area contributed by atoms with E-state index >= 15 is 0 Å². The van der Waals surface area contributed by atoms with Crippen LogP contribution in [-0.4, -0.2) is 37.3 Å². The van der Waals surface area contributed by atoms with Gasteiger partial charge in [0.25, 0.3) is 0 Å². The van der Waals surface area contributed by atoms with Crippen LogP contribution in [0.1, 0.15) is 6.42 Å². The number of ether oxygens (including phenoxy) is 1. The fourth-order valence-corrected chi connectivity index (χ4v) is 2.78. The number of methoxy groups -OCH3 is 1. The molecule has 1 aromatic carbocycles. The molecule has 110 valence electrons. The molecule has 6 nitrogen and oxygen atoms in total. The maximum Gasteiger partial charge on any atom is 0.407 e. The molecule has 1 aromatic heterocycles. The van der Waals surface area contributed by atoms with Gasteiger partial charge in [-0.15, -0.1) is 0 Å². The number of anilines is 2. The number of nitrogen functional groups attached to an aromatic ring is 1. The summed E-state index contributed by atoms with van der Waals surface area (Å²) in [4.78, 5) is 17.9. The number of hydrogen-bond acceptors (Lipinski definition) is 5. The SMILES string of the molecule is COC(=O)NC1CCN(c2ccc(N)c3ncccc23)C1. The van der Waals surface area contributed by atoms with Gasteiger partial charge in [0, 0.05) is 30.4 Å². The lowest BCUT2D eigenvalue weighted by Crippen LogP contribution is -2.37. The molecule has 3 rings (SSSR count). The average Bonchev–Trinajstić information content (AvgIpc) is 2.96. The number of alkyl carbamates (subject to hydrolysis) is 1. The van der Waals surface area contributed by atoms with Crippen molar-refractivity contribution in [2.45, 2.75) is 12.5 Å². The zero-order valence-corrected chi connectivity index (χ0v) is 11.9. The second-order valence-corrected chi connectivity index (χ2v) is 5.14. The molecule has 0 spiro atoms. The molecule has 6 heteroatoms. The molecule has 3 N–H and O–H groups in total. The molecule has 0 saturated carbocycles. The first kappa shape index (κ1) is 13.5. The Morgan fingerprint density at radius 2 is 2.33 bits per heavy atom. The predicted molar refractivity (Wildman–Crippen MR) is 82.3 cm³/mol. The summed E-state index contributed by atoms with van der Waals surface area (Å²) in [5, 5.41) is 3.88. The number of nitrogens with zero attached hydrogens (tertiary/aromatic N) is 2. The smallest absolute Gasteiger partial charge is 0.407 e. The summed E-state index contributed by atoms with van der Waals surface area (Å²) in [6, 6.07) is 7.92. The van der Waals surface area contributed by atoms with E-state index in [2.05, 4.69) is 19.9 Å². The predicted octanol–water partition coefficient (Wildman–Crippen LogP) is 1.75. The summed E-state index contributed by atoms with van der Waals surface area (Å²) in [7, 11) is 1.38. The van der Waals surface area contributed by atoms with E-state index in [-0.39, 0.29) is 12.1 Å². The third kappa shape index (κ3) is 2.56. The highest BCUT2D eigenvalue weighted by Gasteiger charge is 2.25. The highest BCUT2D eigenvalue weighted by molar-refractivity contribution is 5.98. The molecule has 1 amide bonds. The first-order valence-corrected chi connectivity index (χ1v) is 6.91. The Bertz CT molecular complexity index is 674. The van der Waals surface area contributed by atoms with E-state index in [1.165, 1.54) is 7.11 Å². The summed E-state index contributed by atoms with van der Waals surface area (Å²) >= 11 is 0. The van der Waals surface area contributed by atoms with Gasteiger partial charge < -0.3 is 20.7 Å².